The molecule has 1 saturated heterocycles. The molecule has 7 nitrogen and oxygen atoms in total. The number of likely N-dealkylation sites (N-methyl/N-ethyl adjacent to an activating group) is 1. The number of aromatic hydroxyl groups is 2. The van der Waals surface area contributed by atoms with Crippen molar-refractivity contribution in [2.45, 2.75) is 62.5 Å². The van der Waals surface area contributed by atoms with Gasteiger partial charge in [-0.05, 0) is 92.5 Å². The number of nitrogens with zero attached hydrogens (tertiary/aromatic N) is 2. The number of amides is 1. The summed E-state index contributed by atoms with van der Waals surface area (Å²) in [5.74, 6) is 0.670. The molecule has 2 aromatic carbocycles. The van der Waals surface area contributed by atoms with E-state index in [1.807, 2.05) is 25.2 Å². The normalized spacial score (nSPS) is 27.6. The Kier molecular flexibility index (Phi) is 7.23. The molecule has 2 N–H and O–H groups in total. The van der Waals surface area contributed by atoms with E-state index in [1.165, 1.54) is 19.8 Å². The van der Waals surface area contributed by atoms with Crippen LogP contribution >= 0.6 is 0 Å². The molecule has 5 rings (SSSR count). The fourth-order valence-corrected chi connectivity index (χ4v) is 6.71. The van der Waals surface area contributed by atoms with E-state index in [1.54, 1.807) is 47.4 Å². The predicted molar refractivity (Wildman–Crippen MR) is 146 cm³/mol. The number of hydrogen-bond donors (Lipinski definition) is 2. The number of carbonyl (C=O) groups is 2. The van der Waals surface area contributed by atoms with Crippen LogP contribution in [0.25, 0.3) is 6.08 Å². The zero-order chi connectivity index (χ0) is 26.9. The third-order valence-corrected chi connectivity index (χ3v) is 8.81. The van der Waals surface area contributed by atoms with Gasteiger partial charge < -0.3 is 19.8 Å². The lowest BCUT2D eigenvalue weighted by Gasteiger charge is -2.60. The summed E-state index contributed by atoms with van der Waals surface area (Å²) in [6.45, 7) is 4.06. The van der Waals surface area contributed by atoms with Crippen LogP contribution in [0, 0.1) is 5.92 Å². The van der Waals surface area contributed by atoms with E-state index in [2.05, 4.69) is 4.90 Å². The van der Waals surface area contributed by atoms with Gasteiger partial charge in [0.2, 0.25) is 5.91 Å². The lowest BCUT2D eigenvalue weighted by molar-refractivity contribution is -0.190. The van der Waals surface area contributed by atoms with Gasteiger partial charge in [-0.25, -0.2) is 0 Å². The van der Waals surface area contributed by atoms with Crippen molar-refractivity contribution in [3.05, 3.63) is 65.7 Å². The summed E-state index contributed by atoms with van der Waals surface area (Å²) >= 11 is 0. The molecule has 3 fully saturated rings. The maximum absolute atomic E-state index is 13.2. The number of phenols is 2. The molecular formula is C31H38N2O5. The summed E-state index contributed by atoms with van der Waals surface area (Å²) in [7, 11) is 1.83. The highest BCUT2D eigenvalue weighted by molar-refractivity contribution is 5.91. The molecule has 1 amide bonds. The van der Waals surface area contributed by atoms with E-state index in [0.717, 1.165) is 36.6 Å². The van der Waals surface area contributed by atoms with Crippen molar-refractivity contribution >= 4 is 18.0 Å². The number of benzene rings is 2. The lowest BCUT2D eigenvalue weighted by Crippen LogP contribution is -2.68. The minimum absolute atomic E-state index is 0.0580. The van der Waals surface area contributed by atoms with Crippen LogP contribution in [0.1, 0.15) is 56.6 Å². The maximum Gasteiger partial charge on any atom is 0.303 e. The minimum atomic E-state index is -0.725. The molecular weight excluding hydrogens is 480 g/mol. The van der Waals surface area contributed by atoms with Crippen LogP contribution in [0.3, 0.4) is 0 Å². The summed E-state index contributed by atoms with van der Waals surface area (Å²) in [6.07, 6.45) is 8.57. The van der Waals surface area contributed by atoms with Crippen LogP contribution in [0.5, 0.6) is 11.5 Å². The molecule has 2 aliphatic carbocycles. The largest absolute Gasteiger partial charge is 0.508 e. The number of carbonyl (C=O) groups excluding carboxylic acids is 2. The molecule has 0 bridgehead atoms. The van der Waals surface area contributed by atoms with Gasteiger partial charge in [0.15, 0.2) is 0 Å². The number of phenolic OH excluding ortho intramolecular Hbond substituents is 2. The van der Waals surface area contributed by atoms with Gasteiger partial charge in [0.1, 0.15) is 17.1 Å². The van der Waals surface area contributed by atoms with Crippen molar-refractivity contribution in [2.75, 3.05) is 26.7 Å². The molecule has 2 saturated carbocycles. The molecule has 0 spiro atoms. The van der Waals surface area contributed by atoms with Gasteiger partial charge in [-0.15, -0.1) is 0 Å². The molecule has 38 heavy (non-hydrogen) atoms. The third kappa shape index (κ3) is 5.30. The molecule has 3 unspecified atom stereocenters. The number of hydrogen-bond acceptors (Lipinski definition) is 6. The Morgan fingerprint density at radius 2 is 1.82 bits per heavy atom. The highest BCUT2D eigenvalue weighted by Crippen LogP contribution is 2.55. The first-order chi connectivity index (χ1) is 18.2. The third-order valence-electron chi connectivity index (χ3n) is 8.81. The monoisotopic (exact) mass is 518 g/mol. The number of likely N-dealkylation sites (tertiary alicyclic amines) is 1. The number of esters is 1. The van der Waals surface area contributed by atoms with E-state index in [9.17, 15) is 19.8 Å². The summed E-state index contributed by atoms with van der Waals surface area (Å²) in [6, 6.07) is 14.1. The highest BCUT2D eigenvalue weighted by atomic mass is 16.6. The Balaban J connectivity index is 1.45. The number of fused-ring (bicyclic) bond motifs is 1. The van der Waals surface area contributed by atoms with Crippen LogP contribution in [0.15, 0.2) is 54.6 Å². The second-order valence-electron chi connectivity index (χ2n) is 11.4. The average Bonchev–Trinajstić information content (AvgIpc) is 3.70. The first-order valence-corrected chi connectivity index (χ1v) is 13.7. The Labute approximate surface area is 224 Å². The zero-order valence-electron chi connectivity index (χ0n) is 22.3. The predicted octanol–water partition coefficient (Wildman–Crippen LogP) is 4.48. The molecule has 7 heteroatoms. The van der Waals surface area contributed by atoms with Crippen molar-refractivity contribution in [1.82, 2.24) is 9.80 Å². The average molecular weight is 519 g/mol. The quantitative estimate of drug-likeness (QED) is 0.415. The van der Waals surface area contributed by atoms with Gasteiger partial charge in [0, 0.05) is 44.6 Å². The van der Waals surface area contributed by atoms with Gasteiger partial charge in [-0.2, -0.15) is 0 Å². The fraction of sp³-hybridized carbons (Fsp3) is 0.484. The summed E-state index contributed by atoms with van der Waals surface area (Å²) in [5.41, 5.74) is 0.468. The summed E-state index contributed by atoms with van der Waals surface area (Å²) in [4.78, 5) is 30.0. The Hall–Kier alpha value is -3.32. The molecule has 202 valence electrons. The van der Waals surface area contributed by atoms with E-state index >= 15 is 0 Å². The van der Waals surface area contributed by atoms with Gasteiger partial charge in [-0.1, -0.05) is 24.3 Å². The molecule has 1 aliphatic heterocycles. The van der Waals surface area contributed by atoms with Gasteiger partial charge in [0.05, 0.1) is 0 Å². The lowest BCUT2D eigenvalue weighted by atomic mass is 9.55. The van der Waals surface area contributed by atoms with Gasteiger partial charge >= 0.3 is 5.97 Å². The van der Waals surface area contributed by atoms with Crippen molar-refractivity contribution in [3.8, 4) is 11.5 Å². The smallest absolute Gasteiger partial charge is 0.303 e. The number of ether oxygens (including phenoxy) is 1. The van der Waals surface area contributed by atoms with Crippen LogP contribution < -0.4 is 0 Å². The molecule has 2 aromatic rings. The van der Waals surface area contributed by atoms with Crippen molar-refractivity contribution in [3.63, 3.8) is 0 Å². The zero-order valence-corrected chi connectivity index (χ0v) is 22.3. The van der Waals surface area contributed by atoms with Crippen molar-refractivity contribution in [1.29, 1.82) is 0 Å². The Morgan fingerprint density at radius 3 is 2.50 bits per heavy atom. The van der Waals surface area contributed by atoms with Crippen LogP contribution in [-0.2, 0) is 19.7 Å². The van der Waals surface area contributed by atoms with Crippen LogP contribution in [0.2, 0.25) is 0 Å². The van der Waals surface area contributed by atoms with Crippen molar-refractivity contribution in [2.24, 2.45) is 5.92 Å². The SMILES string of the molecule is CC(=O)OC12CCC(N(C)C(=O)/C=C/c3cccc(O)c3)CC1(c1cccc(O)c1)CCN(CC1CC1)C2. The second kappa shape index (κ2) is 10.4. The van der Waals surface area contributed by atoms with E-state index < -0.39 is 11.0 Å². The maximum atomic E-state index is 13.2. The van der Waals surface area contributed by atoms with E-state index in [4.69, 9.17) is 4.74 Å². The first-order valence-electron chi connectivity index (χ1n) is 13.7. The van der Waals surface area contributed by atoms with Crippen molar-refractivity contribution < 1.29 is 24.5 Å². The molecule has 0 aromatic heterocycles. The van der Waals surface area contributed by atoms with Gasteiger partial charge in [-0.3, -0.25) is 14.5 Å². The summed E-state index contributed by atoms with van der Waals surface area (Å²) in [5, 5.41) is 20.2. The summed E-state index contributed by atoms with van der Waals surface area (Å²) < 4.78 is 6.31. The molecule has 1 heterocycles. The van der Waals surface area contributed by atoms with E-state index in [0.29, 0.717) is 25.8 Å². The highest BCUT2D eigenvalue weighted by Gasteiger charge is 2.61. The van der Waals surface area contributed by atoms with Crippen LogP contribution in [0.4, 0.5) is 0 Å². The Bertz CT molecular complexity index is 1220. The number of piperidine rings is 1. The van der Waals surface area contributed by atoms with E-state index in [-0.39, 0.29) is 29.4 Å². The molecule has 0 radical (unpaired) electrons. The molecule has 3 atom stereocenters. The fourth-order valence-electron chi connectivity index (χ4n) is 6.71. The Morgan fingerprint density at radius 1 is 1.08 bits per heavy atom. The number of rotatable bonds is 7. The topological polar surface area (TPSA) is 90.3 Å². The minimum Gasteiger partial charge on any atom is -0.508 e. The first kappa shape index (κ1) is 26.3. The van der Waals surface area contributed by atoms with Gasteiger partial charge in [0.25, 0.3) is 0 Å². The second-order valence-corrected chi connectivity index (χ2v) is 11.4. The molecule has 3 aliphatic rings. The standard InChI is InChI=1S/C31H38N2O5/c1-22(34)38-31-14-13-26(32(2)29(37)12-11-23-5-3-7-27(35)17-23)19-30(31,25-6-4-8-28(36)18-25)15-16-33(21-31)20-24-9-10-24/h3-8,11-12,17-18,24,26,35-36H,9-10,13-16,19-21H2,1-2H3/b12-11+. The van der Waals surface area contributed by atoms with Crippen LogP contribution in [-0.4, -0.2) is 70.2 Å².